The highest BCUT2D eigenvalue weighted by molar-refractivity contribution is 7.88. The van der Waals surface area contributed by atoms with Crippen molar-refractivity contribution >= 4 is 10.0 Å². The standard InChI is InChI=1S/C22H34N2O4S/c1-16-5-10-22-19(14-16)17-6-8-18(9-7-17)28-15-21-20(23-29(2,25)26)4-3-11-24(21)12-13-27-22/h5,10,14,17-18,20-21,23H,3-4,6-9,11-13,15H2,1-2H3/t17?,18?,20?,21-/m0/s1. The first kappa shape index (κ1) is 21.1. The molecule has 0 spiro atoms. The highest BCUT2D eigenvalue weighted by atomic mass is 32.2. The molecule has 29 heavy (non-hydrogen) atoms. The van der Waals surface area contributed by atoms with Gasteiger partial charge in [-0.25, -0.2) is 13.1 Å². The van der Waals surface area contributed by atoms with Crippen LogP contribution in [0.5, 0.6) is 5.75 Å². The lowest BCUT2D eigenvalue weighted by Gasteiger charge is -2.41. The molecule has 3 aliphatic heterocycles. The van der Waals surface area contributed by atoms with Gasteiger partial charge in [0.2, 0.25) is 10.0 Å². The van der Waals surface area contributed by atoms with Crippen molar-refractivity contribution in [3.8, 4) is 5.75 Å². The molecule has 2 fully saturated rings. The minimum atomic E-state index is -3.25. The summed E-state index contributed by atoms with van der Waals surface area (Å²) in [6, 6.07) is 6.49. The predicted molar refractivity (Wildman–Crippen MR) is 114 cm³/mol. The Kier molecular flexibility index (Phi) is 6.49. The summed E-state index contributed by atoms with van der Waals surface area (Å²) in [6.07, 6.45) is 7.68. The molecule has 1 aliphatic carbocycles. The van der Waals surface area contributed by atoms with Gasteiger partial charge in [0.15, 0.2) is 0 Å². The highest BCUT2D eigenvalue weighted by Crippen LogP contribution is 2.39. The Morgan fingerprint density at radius 1 is 1.10 bits per heavy atom. The van der Waals surface area contributed by atoms with Gasteiger partial charge < -0.3 is 9.47 Å². The van der Waals surface area contributed by atoms with Gasteiger partial charge in [0.25, 0.3) is 0 Å². The summed E-state index contributed by atoms with van der Waals surface area (Å²) >= 11 is 0. The van der Waals surface area contributed by atoms with Crippen LogP contribution >= 0.6 is 0 Å². The molecule has 1 saturated carbocycles. The molecule has 6 nitrogen and oxygen atoms in total. The van der Waals surface area contributed by atoms with Crippen LogP contribution < -0.4 is 9.46 Å². The maximum Gasteiger partial charge on any atom is 0.209 e. The Balaban J connectivity index is 1.57. The smallest absolute Gasteiger partial charge is 0.209 e. The number of fused-ring (bicyclic) bond motifs is 5. The number of hydrogen-bond acceptors (Lipinski definition) is 5. The van der Waals surface area contributed by atoms with Gasteiger partial charge >= 0.3 is 0 Å². The fourth-order valence-electron chi connectivity index (χ4n) is 5.20. The molecule has 1 N–H and O–H groups in total. The number of aryl methyl sites for hydroxylation is 1. The van der Waals surface area contributed by atoms with Crippen LogP contribution in [0.15, 0.2) is 18.2 Å². The van der Waals surface area contributed by atoms with Gasteiger partial charge in [-0.2, -0.15) is 0 Å². The molecule has 0 radical (unpaired) electrons. The average Bonchev–Trinajstić information content (AvgIpc) is 2.69. The summed E-state index contributed by atoms with van der Waals surface area (Å²) in [5.74, 6) is 1.55. The minimum absolute atomic E-state index is 0.0537. The first-order valence-corrected chi connectivity index (χ1v) is 12.8. The van der Waals surface area contributed by atoms with Crippen molar-refractivity contribution in [1.82, 2.24) is 9.62 Å². The number of sulfonamides is 1. The number of nitrogens with zero attached hydrogens (tertiary/aromatic N) is 1. The maximum atomic E-state index is 11.9. The number of ether oxygens (including phenoxy) is 2. The largest absolute Gasteiger partial charge is 0.492 e. The van der Waals surface area contributed by atoms with Gasteiger partial charge in [-0.3, -0.25) is 4.90 Å². The molecule has 0 amide bonds. The summed E-state index contributed by atoms with van der Waals surface area (Å²) in [6.45, 7) is 5.05. The lowest BCUT2D eigenvalue weighted by atomic mass is 9.82. The topological polar surface area (TPSA) is 67.9 Å². The Bertz CT molecular complexity index is 805. The van der Waals surface area contributed by atoms with E-state index in [1.54, 1.807) is 0 Å². The molecule has 5 rings (SSSR count). The third kappa shape index (κ3) is 5.32. The van der Waals surface area contributed by atoms with E-state index < -0.39 is 10.0 Å². The fraction of sp³-hybridized carbons (Fsp3) is 0.727. The van der Waals surface area contributed by atoms with E-state index in [0.29, 0.717) is 19.1 Å². The van der Waals surface area contributed by atoms with Gasteiger partial charge in [0.1, 0.15) is 12.4 Å². The molecular formula is C22H34N2O4S. The van der Waals surface area contributed by atoms with Crippen molar-refractivity contribution in [2.24, 2.45) is 0 Å². The third-order valence-corrected chi connectivity index (χ3v) is 7.41. The molecule has 162 valence electrons. The Hall–Kier alpha value is -1.15. The van der Waals surface area contributed by atoms with Crippen molar-refractivity contribution in [1.29, 1.82) is 0 Å². The minimum Gasteiger partial charge on any atom is -0.492 e. The number of nitrogens with one attached hydrogen (secondary N) is 1. The first-order chi connectivity index (χ1) is 13.9. The number of piperidine rings is 1. The Labute approximate surface area is 175 Å². The van der Waals surface area contributed by atoms with E-state index in [4.69, 9.17) is 9.47 Å². The predicted octanol–water partition coefficient (Wildman–Crippen LogP) is 2.81. The number of benzene rings is 1. The maximum absolute atomic E-state index is 11.9. The van der Waals surface area contributed by atoms with Crippen molar-refractivity contribution in [3.05, 3.63) is 29.3 Å². The number of hydrogen-bond donors (Lipinski definition) is 1. The van der Waals surface area contributed by atoms with E-state index >= 15 is 0 Å². The van der Waals surface area contributed by atoms with Gasteiger partial charge in [0, 0.05) is 18.6 Å². The molecule has 1 unspecified atom stereocenters. The average molecular weight is 423 g/mol. The number of rotatable bonds is 2. The molecule has 2 atom stereocenters. The van der Waals surface area contributed by atoms with Crippen LogP contribution in [-0.4, -0.2) is 64.1 Å². The quantitative estimate of drug-likeness (QED) is 0.794. The zero-order valence-electron chi connectivity index (χ0n) is 17.6. The van der Waals surface area contributed by atoms with Crippen LogP contribution in [0.1, 0.15) is 55.6 Å². The van der Waals surface area contributed by atoms with E-state index in [0.717, 1.165) is 57.4 Å². The fourth-order valence-corrected chi connectivity index (χ4v) is 6.03. The molecule has 3 heterocycles. The second-order valence-corrected chi connectivity index (χ2v) is 10.7. The van der Waals surface area contributed by atoms with Crippen LogP contribution in [-0.2, 0) is 14.8 Å². The second-order valence-electron chi connectivity index (χ2n) is 8.94. The van der Waals surface area contributed by atoms with Gasteiger partial charge in [-0.1, -0.05) is 17.7 Å². The summed E-state index contributed by atoms with van der Waals surface area (Å²) in [5, 5.41) is 0. The van der Waals surface area contributed by atoms with Crippen LogP contribution in [0.3, 0.4) is 0 Å². The molecular weight excluding hydrogens is 388 g/mol. The summed E-state index contributed by atoms with van der Waals surface area (Å²) in [7, 11) is -3.25. The molecule has 7 heteroatoms. The molecule has 2 bridgehead atoms. The van der Waals surface area contributed by atoms with Crippen molar-refractivity contribution in [2.75, 3.05) is 32.6 Å². The first-order valence-electron chi connectivity index (χ1n) is 11.0. The van der Waals surface area contributed by atoms with Crippen molar-refractivity contribution < 1.29 is 17.9 Å². The molecule has 4 aliphatic rings. The molecule has 0 aromatic heterocycles. The Morgan fingerprint density at radius 3 is 2.66 bits per heavy atom. The van der Waals surface area contributed by atoms with Crippen LogP contribution in [0, 0.1) is 6.92 Å². The van der Waals surface area contributed by atoms with E-state index in [2.05, 4.69) is 34.7 Å². The summed E-state index contributed by atoms with van der Waals surface area (Å²) in [5.41, 5.74) is 2.62. The van der Waals surface area contributed by atoms with Gasteiger partial charge in [-0.05, 0) is 69.5 Å². The third-order valence-electron chi connectivity index (χ3n) is 6.68. The lowest BCUT2D eigenvalue weighted by Crippen LogP contribution is -2.58. The van der Waals surface area contributed by atoms with E-state index in [9.17, 15) is 8.42 Å². The zero-order valence-corrected chi connectivity index (χ0v) is 18.4. The van der Waals surface area contributed by atoms with Gasteiger partial charge in [0.05, 0.1) is 19.0 Å². The van der Waals surface area contributed by atoms with Crippen molar-refractivity contribution in [3.63, 3.8) is 0 Å². The van der Waals surface area contributed by atoms with Crippen LogP contribution in [0.4, 0.5) is 0 Å². The van der Waals surface area contributed by atoms with Gasteiger partial charge in [-0.15, -0.1) is 0 Å². The zero-order chi connectivity index (χ0) is 20.4. The Morgan fingerprint density at radius 2 is 1.90 bits per heavy atom. The monoisotopic (exact) mass is 422 g/mol. The SMILES string of the molecule is Cc1ccc2c(c1)C1CCC(CC1)OC[C@H]1C(NS(C)(=O)=O)CCCN1CCO2. The summed E-state index contributed by atoms with van der Waals surface area (Å²) < 4.78 is 39.3. The van der Waals surface area contributed by atoms with Crippen LogP contribution in [0.2, 0.25) is 0 Å². The summed E-state index contributed by atoms with van der Waals surface area (Å²) in [4.78, 5) is 2.35. The second kappa shape index (κ2) is 8.92. The lowest BCUT2D eigenvalue weighted by molar-refractivity contribution is -0.0284. The molecule has 1 aromatic rings. The normalized spacial score (nSPS) is 31.5. The van der Waals surface area contributed by atoms with Crippen LogP contribution in [0.25, 0.3) is 0 Å². The highest BCUT2D eigenvalue weighted by Gasteiger charge is 2.35. The molecule has 1 saturated heterocycles. The van der Waals surface area contributed by atoms with Crippen molar-refractivity contribution in [2.45, 2.75) is 69.6 Å². The van der Waals surface area contributed by atoms with E-state index in [1.807, 2.05) is 0 Å². The van der Waals surface area contributed by atoms with E-state index in [-0.39, 0.29) is 18.2 Å². The van der Waals surface area contributed by atoms with E-state index in [1.165, 1.54) is 17.4 Å². The molecule has 1 aromatic carbocycles.